The van der Waals surface area contributed by atoms with Crippen LogP contribution >= 0.6 is 0 Å². The van der Waals surface area contributed by atoms with Crippen molar-refractivity contribution in [3.05, 3.63) is 95.9 Å². The zero-order chi connectivity index (χ0) is 33.3. The molecule has 4 aromatic carbocycles. The number of allylic oxidation sites excluding steroid dienone is 2. The van der Waals surface area contributed by atoms with Crippen molar-refractivity contribution in [2.75, 3.05) is 0 Å². The van der Waals surface area contributed by atoms with Gasteiger partial charge in [-0.2, -0.15) is 0 Å². The van der Waals surface area contributed by atoms with Crippen LogP contribution in [0.3, 0.4) is 0 Å². The molecule has 0 bridgehead atoms. The first-order valence-corrected chi connectivity index (χ1v) is 19.0. The van der Waals surface area contributed by atoms with Crippen LogP contribution in [0.2, 0.25) is 13.1 Å². The van der Waals surface area contributed by atoms with Gasteiger partial charge in [-0.05, 0) is 68.6 Å². The van der Waals surface area contributed by atoms with Gasteiger partial charge < -0.3 is 10.1 Å². The van der Waals surface area contributed by atoms with Gasteiger partial charge in [-0.3, -0.25) is 9.78 Å². The van der Waals surface area contributed by atoms with Crippen LogP contribution in [0.5, 0.6) is 0 Å². The number of ketones is 1. The topological polar surface area (TPSA) is 63.1 Å². The molecular weight excluding hydrogens is 773 g/mol. The number of hydrogen-bond acceptors (Lipinski definition) is 4. The molecule has 1 radical (unpaired) electrons. The summed E-state index contributed by atoms with van der Waals surface area (Å²) in [5.74, 6) is 0.104. The number of fused-ring (bicyclic) bond motifs is 7. The molecule has 1 N–H and O–H groups in total. The van der Waals surface area contributed by atoms with Crippen LogP contribution < -0.4 is 10.5 Å². The average Bonchev–Trinajstić information content (AvgIpc) is 2.98. The molecule has 4 nitrogen and oxygen atoms in total. The molecule has 7 rings (SSSR count). The Labute approximate surface area is 292 Å². The molecule has 0 spiro atoms. The Balaban J connectivity index is 0.000000267. The molecule has 0 fully saturated rings. The molecule has 0 saturated carbocycles. The molecule has 0 unspecified atom stereocenters. The van der Waals surface area contributed by atoms with E-state index in [1.807, 2.05) is 47.7 Å². The molecule has 0 atom stereocenters. The number of benzene rings is 4. The van der Waals surface area contributed by atoms with Gasteiger partial charge in [0.25, 0.3) is 0 Å². The Morgan fingerprint density at radius 2 is 1.49 bits per heavy atom. The number of carbonyl (C=O) groups excluding carboxylic acids is 1. The summed E-state index contributed by atoms with van der Waals surface area (Å²) in [5, 5.41) is 21.2. The van der Waals surface area contributed by atoms with Crippen molar-refractivity contribution in [2.45, 2.75) is 68.5 Å². The Kier molecular flexibility index (Phi) is 8.89. The van der Waals surface area contributed by atoms with Gasteiger partial charge in [0.15, 0.2) is 5.78 Å². The predicted octanol–water partition coefficient (Wildman–Crippen LogP) is 9.40. The molecule has 1 aliphatic heterocycles. The van der Waals surface area contributed by atoms with E-state index in [1.54, 1.807) is 0 Å². The smallest absolute Gasteiger partial charge is 0.164 e. The summed E-state index contributed by atoms with van der Waals surface area (Å²) in [6.45, 7) is 20.4. The van der Waals surface area contributed by atoms with Crippen molar-refractivity contribution in [3.63, 3.8) is 0 Å². The molecular formula is C41H43IrN2O2Si-. The van der Waals surface area contributed by atoms with Crippen LogP contribution in [0.1, 0.15) is 52.7 Å². The van der Waals surface area contributed by atoms with Crippen molar-refractivity contribution in [3.8, 4) is 11.3 Å². The maximum atomic E-state index is 11.5. The Bertz CT molecular complexity index is 2260. The minimum absolute atomic E-state index is 0. The third-order valence-electron chi connectivity index (χ3n) is 9.24. The average molecular weight is 816 g/mol. The summed E-state index contributed by atoms with van der Waals surface area (Å²) in [6.07, 6.45) is 3.29. The van der Waals surface area contributed by atoms with Crippen LogP contribution in [0, 0.1) is 30.7 Å². The first kappa shape index (κ1) is 34.6. The van der Waals surface area contributed by atoms with Gasteiger partial charge in [-0.15, -0.1) is 12.1 Å². The second-order valence-corrected chi connectivity index (χ2v) is 19.6. The molecule has 0 saturated heterocycles. The van der Waals surface area contributed by atoms with Crippen LogP contribution in [-0.2, 0) is 24.9 Å². The number of nitrogens with zero attached hydrogens (tertiary/aromatic N) is 2. The van der Waals surface area contributed by atoms with Crippen molar-refractivity contribution in [1.29, 1.82) is 0 Å². The number of carbonyl (C=O) groups is 1. The Hall–Kier alpha value is -3.70. The van der Waals surface area contributed by atoms with E-state index in [2.05, 4.69) is 93.7 Å². The van der Waals surface area contributed by atoms with Crippen LogP contribution in [0.4, 0.5) is 0 Å². The van der Waals surface area contributed by atoms with Gasteiger partial charge in [-0.25, -0.2) is 0 Å². The quantitative estimate of drug-likeness (QED) is 0.0591. The summed E-state index contributed by atoms with van der Waals surface area (Å²) in [4.78, 5) is 21.6. The number of rotatable bonds is 1. The maximum Gasteiger partial charge on any atom is 0.164 e. The molecule has 2 aromatic heterocycles. The number of aryl methyl sites for hydroxylation is 2. The molecule has 243 valence electrons. The van der Waals surface area contributed by atoms with Crippen molar-refractivity contribution < 1.29 is 30.0 Å². The molecule has 6 heteroatoms. The van der Waals surface area contributed by atoms with E-state index in [9.17, 15) is 9.90 Å². The van der Waals surface area contributed by atoms with Crippen molar-refractivity contribution >= 4 is 67.6 Å². The maximum absolute atomic E-state index is 11.5. The molecule has 1 aliphatic rings. The molecule has 0 amide bonds. The second kappa shape index (κ2) is 12.1. The SMILES string of the molecule is CC(C)(C)C(=O)/C=C(\O)C(C)(C)C.Cc1cc(C)c2ccc3c4ccnc5c4c(cc3c2c1)[Si](C)(C)c1nc2ccccc2[c-]c1-5.[Ir]. The summed E-state index contributed by atoms with van der Waals surface area (Å²) in [5.41, 5.74) is 5.02. The summed E-state index contributed by atoms with van der Waals surface area (Å²) >= 11 is 0. The second-order valence-electron chi connectivity index (χ2n) is 15.3. The van der Waals surface area contributed by atoms with Gasteiger partial charge in [0.05, 0.1) is 8.07 Å². The number of aromatic nitrogens is 2. The van der Waals surface area contributed by atoms with E-state index >= 15 is 0 Å². The van der Waals surface area contributed by atoms with Gasteiger partial charge >= 0.3 is 0 Å². The summed E-state index contributed by atoms with van der Waals surface area (Å²) < 4.78 is 0. The minimum atomic E-state index is -2.09. The molecule has 0 aliphatic carbocycles. The first-order chi connectivity index (χ1) is 21.5. The fraction of sp³-hybridized carbons (Fsp3) is 0.293. The number of pyridine rings is 2. The largest absolute Gasteiger partial charge is 0.512 e. The third-order valence-corrected chi connectivity index (χ3v) is 12.5. The van der Waals surface area contributed by atoms with Crippen molar-refractivity contribution in [2.24, 2.45) is 10.8 Å². The van der Waals surface area contributed by atoms with E-state index in [0.29, 0.717) is 0 Å². The number of para-hydroxylation sites is 1. The summed E-state index contributed by atoms with van der Waals surface area (Å²) in [6, 6.07) is 25.9. The zero-order valence-electron chi connectivity index (χ0n) is 29.0. The van der Waals surface area contributed by atoms with E-state index in [1.165, 1.54) is 60.0 Å². The van der Waals surface area contributed by atoms with Crippen LogP contribution in [0.25, 0.3) is 54.5 Å². The predicted molar refractivity (Wildman–Crippen MR) is 197 cm³/mol. The number of aliphatic hydroxyl groups is 1. The zero-order valence-corrected chi connectivity index (χ0v) is 32.4. The molecule has 6 aromatic rings. The standard InChI is InChI=1S/C30H23N2Si.C11H20O2.Ir/c1-17-13-18(2)20-9-10-21-22-11-12-31-29-25-15-19-7-5-6-8-26(19)32-30(25)33(3,4)27(28(22)29)16-24(21)23(20)14-17;1-10(2,3)8(12)7-9(13)11(4,5)6;/h5-14,16H,1-4H3;7,12H,1-6H3;/q-1;;/b;8-7-;. The van der Waals surface area contributed by atoms with Gasteiger partial charge in [-0.1, -0.05) is 125 Å². The molecule has 47 heavy (non-hydrogen) atoms. The first-order valence-electron chi connectivity index (χ1n) is 16.0. The Morgan fingerprint density at radius 1 is 0.830 bits per heavy atom. The van der Waals surface area contributed by atoms with E-state index in [0.717, 1.165) is 22.2 Å². The van der Waals surface area contributed by atoms with Crippen LogP contribution in [-0.4, -0.2) is 28.9 Å². The fourth-order valence-corrected chi connectivity index (χ4v) is 9.27. The normalized spacial score (nSPS) is 14.0. The van der Waals surface area contributed by atoms with Crippen molar-refractivity contribution in [1.82, 2.24) is 9.97 Å². The van der Waals surface area contributed by atoms with E-state index < -0.39 is 13.5 Å². The third kappa shape index (κ3) is 6.08. The number of aliphatic hydroxyl groups excluding tert-OH is 1. The fourth-order valence-electron chi connectivity index (χ4n) is 6.43. The van der Waals surface area contributed by atoms with E-state index in [4.69, 9.17) is 9.97 Å². The van der Waals surface area contributed by atoms with E-state index in [-0.39, 0.29) is 37.1 Å². The van der Waals surface area contributed by atoms with Gasteiger partial charge in [0.1, 0.15) is 5.76 Å². The Morgan fingerprint density at radius 3 is 2.17 bits per heavy atom. The minimum Gasteiger partial charge on any atom is -0.512 e. The van der Waals surface area contributed by atoms with Crippen LogP contribution in [0.15, 0.2) is 78.7 Å². The van der Waals surface area contributed by atoms with Gasteiger partial charge in [0, 0.05) is 48.9 Å². The summed E-state index contributed by atoms with van der Waals surface area (Å²) in [7, 11) is -2.09. The molecule has 3 heterocycles. The number of hydrogen-bond donors (Lipinski definition) is 1. The van der Waals surface area contributed by atoms with Gasteiger partial charge in [0.2, 0.25) is 0 Å². The monoisotopic (exact) mass is 816 g/mol.